The van der Waals surface area contributed by atoms with Crippen molar-refractivity contribution in [3.63, 3.8) is 0 Å². The molecular weight excluding hydrogens is 342 g/mol. The molecule has 7 nitrogen and oxygen atoms in total. The zero-order valence-corrected chi connectivity index (χ0v) is 15.5. The lowest BCUT2D eigenvalue weighted by Gasteiger charge is -2.28. The highest BCUT2D eigenvalue weighted by molar-refractivity contribution is 7.17. The van der Waals surface area contributed by atoms with Gasteiger partial charge in [-0.15, -0.1) is 11.3 Å². The van der Waals surface area contributed by atoms with E-state index in [0.29, 0.717) is 17.9 Å². The lowest BCUT2D eigenvalue weighted by molar-refractivity contribution is -0.150. The van der Waals surface area contributed by atoms with Gasteiger partial charge in [-0.1, -0.05) is 13.8 Å². The van der Waals surface area contributed by atoms with Crippen LogP contribution in [0.15, 0.2) is 11.0 Å². The fourth-order valence-electron chi connectivity index (χ4n) is 3.39. The second-order valence-corrected chi connectivity index (χ2v) is 8.11. The topological polar surface area (TPSA) is 92.0 Å². The molecule has 0 bridgehead atoms. The van der Waals surface area contributed by atoms with E-state index >= 15 is 0 Å². The summed E-state index contributed by atoms with van der Waals surface area (Å²) in [5, 5.41) is 9.62. The number of carbonyl (C=O) groups excluding carboxylic acids is 1. The number of aliphatic carboxylic acids is 1. The molecule has 0 aliphatic carbocycles. The first-order valence-corrected chi connectivity index (χ1v) is 9.01. The molecular formula is C17H21N3O4S. The van der Waals surface area contributed by atoms with E-state index in [1.165, 1.54) is 26.8 Å². The number of amides is 1. The van der Waals surface area contributed by atoms with Crippen LogP contribution in [-0.2, 0) is 4.79 Å². The third-order valence-electron chi connectivity index (χ3n) is 5.37. The van der Waals surface area contributed by atoms with Crippen LogP contribution in [0.1, 0.15) is 41.2 Å². The average molecular weight is 363 g/mol. The van der Waals surface area contributed by atoms with Crippen LogP contribution in [0.25, 0.3) is 4.96 Å². The number of hydrogen-bond acceptors (Lipinski definition) is 5. The summed E-state index contributed by atoms with van der Waals surface area (Å²) in [6, 6.07) is 0. The van der Waals surface area contributed by atoms with Gasteiger partial charge in [-0.25, -0.2) is 4.98 Å². The molecule has 25 heavy (non-hydrogen) atoms. The smallest absolute Gasteiger partial charge is 0.311 e. The second-order valence-electron chi connectivity index (χ2n) is 6.93. The maximum Gasteiger partial charge on any atom is 0.311 e. The number of thiazole rings is 1. The molecule has 0 saturated carbocycles. The number of aryl methyl sites for hydroxylation is 2. The number of likely N-dealkylation sites (tertiary alicyclic amines) is 1. The van der Waals surface area contributed by atoms with E-state index < -0.39 is 22.9 Å². The van der Waals surface area contributed by atoms with Crippen LogP contribution in [0.4, 0.5) is 0 Å². The first kappa shape index (κ1) is 17.6. The third kappa shape index (κ3) is 2.55. The molecule has 3 rings (SSSR count). The Morgan fingerprint density at radius 3 is 2.60 bits per heavy atom. The predicted octanol–water partition coefficient (Wildman–Crippen LogP) is 1.95. The van der Waals surface area contributed by atoms with Gasteiger partial charge in [0.2, 0.25) is 0 Å². The summed E-state index contributed by atoms with van der Waals surface area (Å²) >= 11 is 1.40. The van der Waals surface area contributed by atoms with E-state index in [1.807, 2.05) is 27.7 Å². The van der Waals surface area contributed by atoms with Crippen molar-refractivity contribution in [2.45, 2.75) is 34.1 Å². The number of nitrogens with zero attached hydrogens (tertiary/aromatic N) is 3. The van der Waals surface area contributed by atoms with Crippen LogP contribution >= 0.6 is 11.3 Å². The largest absolute Gasteiger partial charge is 0.481 e. The molecule has 1 amide bonds. The summed E-state index contributed by atoms with van der Waals surface area (Å²) in [5.74, 6) is -1.45. The molecule has 1 aliphatic rings. The monoisotopic (exact) mass is 363 g/mol. The fourth-order valence-corrected chi connectivity index (χ4v) is 4.32. The molecule has 2 aromatic heterocycles. The van der Waals surface area contributed by atoms with Crippen LogP contribution in [0, 0.1) is 25.2 Å². The van der Waals surface area contributed by atoms with E-state index in [-0.39, 0.29) is 18.0 Å². The Morgan fingerprint density at radius 2 is 2.04 bits per heavy atom. The summed E-state index contributed by atoms with van der Waals surface area (Å²) in [4.78, 5) is 44.6. The van der Waals surface area contributed by atoms with Crippen molar-refractivity contribution in [3.8, 4) is 0 Å². The van der Waals surface area contributed by atoms with E-state index in [2.05, 4.69) is 4.98 Å². The number of carboxylic acid groups (broad SMARTS) is 1. The molecule has 1 aliphatic heterocycles. The van der Waals surface area contributed by atoms with Crippen molar-refractivity contribution in [2.24, 2.45) is 11.3 Å². The molecule has 134 valence electrons. The van der Waals surface area contributed by atoms with E-state index in [1.54, 1.807) is 0 Å². The molecule has 0 aromatic carbocycles. The quantitative estimate of drug-likeness (QED) is 0.900. The van der Waals surface area contributed by atoms with Crippen molar-refractivity contribution in [1.29, 1.82) is 0 Å². The minimum Gasteiger partial charge on any atom is -0.481 e. The molecule has 1 atom stereocenters. The van der Waals surface area contributed by atoms with E-state index in [9.17, 15) is 19.5 Å². The number of rotatable bonds is 3. The molecule has 1 fully saturated rings. The van der Waals surface area contributed by atoms with Gasteiger partial charge in [0.05, 0.1) is 5.41 Å². The molecule has 1 unspecified atom stereocenters. The van der Waals surface area contributed by atoms with Gasteiger partial charge in [0.1, 0.15) is 5.56 Å². The lowest BCUT2D eigenvalue weighted by Crippen LogP contribution is -2.41. The van der Waals surface area contributed by atoms with Crippen molar-refractivity contribution in [1.82, 2.24) is 14.3 Å². The van der Waals surface area contributed by atoms with Crippen molar-refractivity contribution in [3.05, 3.63) is 32.7 Å². The number of carbonyl (C=O) groups is 2. The molecule has 3 heterocycles. The van der Waals surface area contributed by atoms with Crippen molar-refractivity contribution >= 4 is 28.2 Å². The van der Waals surface area contributed by atoms with Crippen LogP contribution < -0.4 is 5.56 Å². The summed E-state index contributed by atoms with van der Waals surface area (Å²) < 4.78 is 1.45. The standard InChI is InChI=1S/C17H21N3O4S/c1-9(2)17(15(23)24)5-6-19(8-17)13(21)12-7-18-16-20(14(12)22)10(3)11(4)25-16/h7,9H,5-6,8H2,1-4H3,(H,23,24). The highest BCUT2D eigenvalue weighted by Gasteiger charge is 2.48. The normalized spacial score (nSPS) is 20.6. The number of hydrogen-bond donors (Lipinski definition) is 1. The predicted molar refractivity (Wildman–Crippen MR) is 94.2 cm³/mol. The first-order valence-electron chi connectivity index (χ1n) is 8.19. The van der Waals surface area contributed by atoms with Gasteiger partial charge < -0.3 is 10.0 Å². The van der Waals surface area contributed by atoms with Crippen LogP contribution in [0.3, 0.4) is 0 Å². The number of carboxylic acids is 1. The van der Waals surface area contributed by atoms with Gasteiger partial charge in [-0.3, -0.25) is 18.8 Å². The molecule has 2 aromatic rings. The minimum atomic E-state index is -0.960. The summed E-state index contributed by atoms with van der Waals surface area (Å²) in [7, 11) is 0. The zero-order valence-electron chi connectivity index (χ0n) is 14.7. The maximum atomic E-state index is 12.8. The fraction of sp³-hybridized carbons (Fsp3) is 0.529. The zero-order chi connectivity index (χ0) is 18.5. The van der Waals surface area contributed by atoms with Gasteiger partial charge in [0.25, 0.3) is 11.5 Å². The second kappa shape index (κ2) is 5.94. The maximum absolute atomic E-state index is 12.8. The van der Waals surface area contributed by atoms with E-state index in [4.69, 9.17) is 0 Å². The Bertz CT molecular complexity index is 930. The molecule has 1 saturated heterocycles. The number of aromatic nitrogens is 2. The van der Waals surface area contributed by atoms with Gasteiger partial charge in [-0.05, 0) is 26.2 Å². The third-order valence-corrected chi connectivity index (χ3v) is 6.44. The lowest BCUT2D eigenvalue weighted by atomic mass is 9.76. The Kier molecular flexibility index (Phi) is 4.18. The van der Waals surface area contributed by atoms with E-state index in [0.717, 1.165) is 10.6 Å². The first-order chi connectivity index (χ1) is 11.7. The highest BCUT2D eigenvalue weighted by Crippen LogP contribution is 2.38. The van der Waals surface area contributed by atoms with Gasteiger partial charge in [0.15, 0.2) is 4.96 Å². The highest BCUT2D eigenvalue weighted by atomic mass is 32.1. The molecule has 1 N–H and O–H groups in total. The van der Waals surface area contributed by atoms with Crippen LogP contribution in [0.5, 0.6) is 0 Å². The van der Waals surface area contributed by atoms with Gasteiger partial charge in [0, 0.05) is 29.9 Å². The molecule has 0 spiro atoms. The average Bonchev–Trinajstić information content (AvgIpc) is 3.11. The molecule has 0 radical (unpaired) electrons. The Morgan fingerprint density at radius 1 is 1.36 bits per heavy atom. The Hall–Kier alpha value is -2.22. The summed E-state index contributed by atoms with van der Waals surface area (Å²) in [5.41, 5.74) is -0.591. The Labute approximate surface area is 148 Å². The van der Waals surface area contributed by atoms with Crippen molar-refractivity contribution in [2.75, 3.05) is 13.1 Å². The van der Waals surface area contributed by atoms with Gasteiger partial charge in [-0.2, -0.15) is 0 Å². The Balaban J connectivity index is 1.99. The van der Waals surface area contributed by atoms with Crippen LogP contribution in [0.2, 0.25) is 0 Å². The summed E-state index contributed by atoms with van der Waals surface area (Å²) in [6.07, 6.45) is 1.70. The number of fused-ring (bicyclic) bond motifs is 1. The SMILES string of the molecule is Cc1sc2ncc(C(=O)N3CCC(C(=O)O)(C(C)C)C3)c(=O)n2c1C. The summed E-state index contributed by atoms with van der Waals surface area (Å²) in [6.45, 7) is 7.86. The van der Waals surface area contributed by atoms with Crippen molar-refractivity contribution < 1.29 is 14.7 Å². The van der Waals surface area contributed by atoms with Crippen LogP contribution in [-0.4, -0.2) is 44.4 Å². The van der Waals surface area contributed by atoms with Gasteiger partial charge >= 0.3 is 5.97 Å². The minimum absolute atomic E-state index is 0.0108. The molecule has 8 heteroatoms.